The second-order valence-electron chi connectivity index (χ2n) is 11.6. The Balaban J connectivity index is 1.07. The van der Waals surface area contributed by atoms with E-state index in [-0.39, 0.29) is 18.0 Å². The topological polar surface area (TPSA) is 102 Å². The molecule has 0 bridgehead atoms. The van der Waals surface area contributed by atoms with Gasteiger partial charge in [-0.3, -0.25) is 15.0 Å². The number of carbonyl (C=O) groups is 1. The number of ether oxygens (including phenoxy) is 1. The van der Waals surface area contributed by atoms with Crippen LogP contribution in [0.25, 0.3) is 0 Å². The van der Waals surface area contributed by atoms with Gasteiger partial charge in [-0.1, -0.05) is 19.8 Å². The first-order valence-electron chi connectivity index (χ1n) is 13.9. The van der Waals surface area contributed by atoms with Crippen LogP contribution in [0.1, 0.15) is 64.7 Å². The largest absolute Gasteiger partial charge is 0.378 e. The molecule has 194 valence electrons. The second-order valence-corrected chi connectivity index (χ2v) is 11.6. The summed E-state index contributed by atoms with van der Waals surface area (Å²) >= 11 is 0. The molecule has 5 fully saturated rings. The number of hydrogen-bond acceptors (Lipinski definition) is 8. The van der Waals surface area contributed by atoms with E-state index in [1.54, 1.807) is 0 Å². The van der Waals surface area contributed by atoms with Crippen molar-refractivity contribution in [2.45, 2.75) is 101 Å². The van der Waals surface area contributed by atoms with Crippen molar-refractivity contribution in [3.05, 3.63) is 0 Å². The zero-order chi connectivity index (χ0) is 23.5. The lowest BCUT2D eigenvalue weighted by Crippen LogP contribution is -2.58. The first kappa shape index (κ1) is 24.9. The first-order valence-corrected chi connectivity index (χ1v) is 13.9. The maximum absolute atomic E-state index is 13.3. The molecule has 5 aliphatic rings. The van der Waals surface area contributed by atoms with Crippen LogP contribution in [0, 0.1) is 17.8 Å². The van der Waals surface area contributed by atoms with Gasteiger partial charge in [0, 0.05) is 49.8 Å². The number of likely N-dealkylation sites (N-methyl/N-ethyl adjacent to an activating group) is 1. The number of carbonyl (C=O) groups excluding carboxylic acids is 1. The molecule has 1 amide bonds. The van der Waals surface area contributed by atoms with E-state index in [4.69, 9.17) is 4.74 Å². The average Bonchev–Trinajstić information content (AvgIpc) is 3.23. The highest BCUT2D eigenvalue weighted by Crippen LogP contribution is 2.37. The van der Waals surface area contributed by atoms with E-state index in [0.717, 1.165) is 77.2 Å². The molecule has 3 heterocycles. The third-order valence-corrected chi connectivity index (χ3v) is 9.19. The van der Waals surface area contributed by atoms with Gasteiger partial charge in [-0.25, -0.2) is 10.9 Å². The summed E-state index contributed by atoms with van der Waals surface area (Å²) in [6.45, 7) is 5.94. The third kappa shape index (κ3) is 5.77. The minimum atomic E-state index is 0.133. The summed E-state index contributed by atoms with van der Waals surface area (Å²) in [6.07, 6.45) is 10.8. The van der Waals surface area contributed by atoms with Crippen molar-refractivity contribution in [1.29, 1.82) is 0 Å². The lowest BCUT2D eigenvalue weighted by atomic mass is 9.74. The summed E-state index contributed by atoms with van der Waals surface area (Å²) in [5.41, 5.74) is 6.96. The van der Waals surface area contributed by atoms with Crippen molar-refractivity contribution in [3.63, 3.8) is 0 Å². The molecule has 0 radical (unpaired) electrons. The van der Waals surface area contributed by atoms with Crippen LogP contribution in [-0.4, -0.2) is 80.8 Å². The molecular weight excluding hydrogens is 430 g/mol. The predicted octanol–water partition coefficient (Wildman–Crippen LogP) is 0.446. The van der Waals surface area contributed by atoms with Gasteiger partial charge in [-0.2, -0.15) is 0 Å². The molecule has 0 aromatic carbocycles. The van der Waals surface area contributed by atoms with Crippen molar-refractivity contribution in [1.82, 2.24) is 37.0 Å². The van der Waals surface area contributed by atoms with Crippen LogP contribution in [0.4, 0.5) is 0 Å². The molecule has 0 spiro atoms. The van der Waals surface area contributed by atoms with Gasteiger partial charge in [0.05, 0.1) is 18.4 Å². The summed E-state index contributed by atoms with van der Waals surface area (Å²) < 4.78 is 6.08. The number of rotatable bonds is 6. The molecule has 8 unspecified atom stereocenters. The monoisotopic (exact) mass is 477 g/mol. The maximum atomic E-state index is 13.3. The van der Waals surface area contributed by atoms with Gasteiger partial charge in [-0.05, 0) is 64.5 Å². The van der Waals surface area contributed by atoms with Gasteiger partial charge in [0.15, 0.2) is 0 Å². The zero-order valence-electron chi connectivity index (χ0n) is 21.2. The summed E-state index contributed by atoms with van der Waals surface area (Å²) in [5, 5.41) is 14.2. The molecule has 3 aliphatic heterocycles. The maximum Gasteiger partial charge on any atom is 0.223 e. The Kier molecular flexibility index (Phi) is 8.41. The van der Waals surface area contributed by atoms with Gasteiger partial charge in [0.2, 0.25) is 5.91 Å². The van der Waals surface area contributed by atoms with Crippen molar-refractivity contribution in [2.75, 3.05) is 33.4 Å². The fraction of sp³-hybridized carbons (Fsp3) is 0.960. The smallest absolute Gasteiger partial charge is 0.223 e. The van der Waals surface area contributed by atoms with Crippen LogP contribution in [-0.2, 0) is 9.53 Å². The van der Waals surface area contributed by atoms with E-state index in [1.807, 2.05) is 0 Å². The van der Waals surface area contributed by atoms with Crippen molar-refractivity contribution >= 4 is 5.91 Å². The van der Waals surface area contributed by atoms with Crippen LogP contribution in [0.5, 0.6) is 0 Å². The van der Waals surface area contributed by atoms with E-state index >= 15 is 0 Å². The van der Waals surface area contributed by atoms with Crippen molar-refractivity contribution in [2.24, 2.45) is 17.8 Å². The Labute approximate surface area is 205 Å². The van der Waals surface area contributed by atoms with Gasteiger partial charge in [0.25, 0.3) is 0 Å². The molecule has 9 nitrogen and oxygen atoms in total. The normalized spacial score (nSPS) is 43.9. The molecule has 0 aromatic rings. The van der Waals surface area contributed by atoms with Crippen LogP contribution in [0.2, 0.25) is 0 Å². The number of nitrogens with one attached hydrogen (secondary N) is 6. The van der Waals surface area contributed by atoms with Crippen LogP contribution in [0.15, 0.2) is 0 Å². The van der Waals surface area contributed by atoms with E-state index in [1.165, 1.54) is 12.8 Å². The van der Waals surface area contributed by atoms with E-state index in [2.05, 4.69) is 51.0 Å². The molecule has 34 heavy (non-hydrogen) atoms. The lowest BCUT2D eigenvalue weighted by molar-refractivity contribution is -0.130. The molecule has 2 aliphatic carbocycles. The minimum Gasteiger partial charge on any atom is -0.378 e. The Morgan fingerprint density at radius 2 is 2.00 bits per heavy atom. The molecule has 5 rings (SSSR count). The summed E-state index contributed by atoms with van der Waals surface area (Å²) in [6, 6.07) is 1.16. The summed E-state index contributed by atoms with van der Waals surface area (Å²) in [5.74, 6) is 1.67. The highest BCUT2D eigenvalue weighted by Gasteiger charge is 2.40. The van der Waals surface area contributed by atoms with Gasteiger partial charge < -0.3 is 20.7 Å². The highest BCUT2D eigenvalue weighted by molar-refractivity contribution is 5.79. The average molecular weight is 478 g/mol. The molecule has 9 atom stereocenters. The van der Waals surface area contributed by atoms with Gasteiger partial charge in [0.1, 0.15) is 0 Å². The number of fused-ring (bicyclic) bond motifs is 1. The molecule has 9 heteroatoms. The van der Waals surface area contributed by atoms with Crippen LogP contribution >= 0.6 is 0 Å². The number of hydrogen-bond donors (Lipinski definition) is 6. The Morgan fingerprint density at radius 3 is 2.85 bits per heavy atom. The quantitative estimate of drug-likeness (QED) is 0.328. The number of amides is 1. The highest BCUT2D eigenvalue weighted by atomic mass is 16.5. The minimum absolute atomic E-state index is 0.133. The molecule has 2 saturated carbocycles. The molecule has 3 saturated heterocycles. The summed E-state index contributed by atoms with van der Waals surface area (Å²) in [7, 11) is 2.19. The molecular formula is C25H47N7O2. The zero-order valence-corrected chi connectivity index (χ0v) is 21.2. The number of nitrogens with zero attached hydrogens (tertiary/aromatic N) is 1. The van der Waals surface area contributed by atoms with Gasteiger partial charge in [-0.15, -0.1) is 0 Å². The fourth-order valence-electron chi connectivity index (χ4n) is 7.02. The predicted molar refractivity (Wildman–Crippen MR) is 133 cm³/mol. The van der Waals surface area contributed by atoms with E-state index in [0.29, 0.717) is 36.3 Å². The Bertz CT molecular complexity index is 676. The standard InChI is InChI=1S/C25H47N7O2/c1-16-6-7-19-20(9-11-34-22(19)12-16)29-25(33)17-4-3-5-18(13-17)27-14-23-30-31-24(32(23)2)21-8-10-26-15-28-21/h16-24,26-28,30-31H,3-15H2,1-2H3,(H,29,33)/t16?,17?,18?,19?,20-,21?,22?,23?,24?/m1/s1. The SMILES string of the molecule is CC1CCC2C(C1)OCC[C@H]2NC(=O)C1CCCC(NCC2NNC(C3CCNCN3)N2C)C1. The van der Waals surface area contributed by atoms with E-state index < -0.39 is 0 Å². The molecule has 0 aromatic heterocycles. The Hall–Kier alpha value is -0.810. The third-order valence-electron chi connectivity index (χ3n) is 9.19. The Morgan fingerprint density at radius 1 is 1.09 bits per heavy atom. The fourth-order valence-corrected chi connectivity index (χ4v) is 7.02. The number of hydrazine groups is 1. The van der Waals surface area contributed by atoms with Crippen LogP contribution < -0.4 is 32.1 Å². The van der Waals surface area contributed by atoms with E-state index in [9.17, 15) is 4.79 Å². The summed E-state index contributed by atoms with van der Waals surface area (Å²) in [4.78, 5) is 15.7. The first-order chi connectivity index (χ1) is 16.6. The second kappa shape index (κ2) is 11.5. The van der Waals surface area contributed by atoms with Gasteiger partial charge >= 0.3 is 0 Å². The van der Waals surface area contributed by atoms with Crippen molar-refractivity contribution in [3.8, 4) is 0 Å². The lowest BCUT2D eigenvalue weighted by Gasteiger charge is -2.43. The van der Waals surface area contributed by atoms with Crippen LogP contribution in [0.3, 0.4) is 0 Å². The molecule has 6 N–H and O–H groups in total. The van der Waals surface area contributed by atoms with Crippen molar-refractivity contribution < 1.29 is 9.53 Å².